The Kier molecular flexibility index (Phi) is 4.63. The van der Waals surface area contributed by atoms with Gasteiger partial charge in [0.05, 0.1) is 0 Å². The van der Waals surface area contributed by atoms with Gasteiger partial charge in [0.2, 0.25) is 0 Å². The molecule has 2 aromatic rings. The summed E-state index contributed by atoms with van der Waals surface area (Å²) in [6, 6.07) is 8.45. The van der Waals surface area contributed by atoms with Crippen LogP contribution in [0.3, 0.4) is 0 Å². The van der Waals surface area contributed by atoms with Crippen molar-refractivity contribution in [3.8, 4) is 0 Å². The summed E-state index contributed by atoms with van der Waals surface area (Å²) in [5, 5.41) is 2.62. The molecule has 0 aliphatic carbocycles. The van der Waals surface area contributed by atoms with Gasteiger partial charge in [0.25, 0.3) is 5.91 Å². The summed E-state index contributed by atoms with van der Waals surface area (Å²) in [5.41, 5.74) is 8.50. The molecule has 0 spiro atoms. The Morgan fingerprint density at radius 2 is 2.22 bits per heavy atom. The number of hydrogen-bond acceptors (Lipinski definition) is 5. The lowest BCUT2D eigenvalue weighted by Gasteiger charge is -2.30. The third kappa shape index (κ3) is 3.09. The maximum absolute atomic E-state index is 13.0. The van der Waals surface area contributed by atoms with Crippen molar-refractivity contribution in [2.45, 2.75) is 32.5 Å². The highest BCUT2D eigenvalue weighted by atomic mass is 32.1. The fourth-order valence-electron chi connectivity index (χ4n) is 3.08. The van der Waals surface area contributed by atoms with Gasteiger partial charge >= 0.3 is 0 Å². The molecule has 0 fully saturated rings. The Balaban J connectivity index is 1.94. The van der Waals surface area contributed by atoms with Crippen LogP contribution in [0.5, 0.6) is 0 Å². The molecule has 122 valence electrons. The number of para-hydroxylation sites is 1. The number of fused-ring (bicyclic) bond motifs is 1. The van der Waals surface area contributed by atoms with Gasteiger partial charge in [-0.05, 0) is 18.1 Å². The number of nitrogens with zero attached hydrogens (tertiary/aromatic N) is 3. The molecule has 0 radical (unpaired) electrons. The molecule has 6 heteroatoms. The van der Waals surface area contributed by atoms with Crippen LogP contribution in [-0.2, 0) is 13.1 Å². The molecule has 1 unspecified atom stereocenters. The summed E-state index contributed by atoms with van der Waals surface area (Å²) < 4.78 is 0. The van der Waals surface area contributed by atoms with E-state index in [0.29, 0.717) is 18.8 Å². The first-order valence-corrected chi connectivity index (χ1v) is 8.76. The Morgan fingerprint density at radius 1 is 1.43 bits per heavy atom. The molecule has 23 heavy (non-hydrogen) atoms. The van der Waals surface area contributed by atoms with Gasteiger partial charge in [-0.15, -0.1) is 11.3 Å². The van der Waals surface area contributed by atoms with Crippen molar-refractivity contribution in [2.75, 3.05) is 18.5 Å². The lowest BCUT2D eigenvalue weighted by molar-refractivity contribution is 0.0662. The summed E-state index contributed by atoms with van der Waals surface area (Å²) in [6.45, 7) is 3.95. The Labute approximate surface area is 140 Å². The van der Waals surface area contributed by atoms with E-state index in [2.05, 4.69) is 36.0 Å². The van der Waals surface area contributed by atoms with E-state index in [1.54, 1.807) is 0 Å². The first kappa shape index (κ1) is 16.0. The zero-order valence-electron chi connectivity index (χ0n) is 13.5. The van der Waals surface area contributed by atoms with Crippen molar-refractivity contribution in [3.05, 3.63) is 45.9 Å². The number of anilines is 1. The number of thiazole rings is 1. The summed E-state index contributed by atoms with van der Waals surface area (Å²) in [5.74, 6) is -0.00194. The average Bonchev–Trinajstić information content (AvgIpc) is 3.01. The number of aromatic nitrogens is 1. The van der Waals surface area contributed by atoms with E-state index in [1.165, 1.54) is 22.6 Å². The van der Waals surface area contributed by atoms with E-state index in [1.807, 2.05) is 22.4 Å². The average molecular weight is 330 g/mol. The normalized spacial score (nSPS) is 17.8. The van der Waals surface area contributed by atoms with Gasteiger partial charge in [-0.1, -0.05) is 25.1 Å². The van der Waals surface area contributed by atoms with E-state index in [-0.39, 0.29) is 11.9 Å². The topological polar surface area (TPSA) is 62.5 Å². The first-order valence-electron chi connectivity index (χ1n) is 7.88. The van der Waals surface area contributed by atoms with Crippen molar-refractivity contribution in [3.63, 3.8) is 0 Å². The second-order valence-electron chi connectivity index (χ2n) is 5.83. The van der Waals surface area contributed by atoms with Crippen molar-refractivity contribution in [2.24, 2.45) is 5.73 Å². The van der Waals surface area contributed by atoms with Crippen molar-refractivity contribution in [1.29, 1.82) is 0 Å². The van der Waals surface area contributed by atoms with E-state index in [4.69, 9.17) is 5.73 Å². The van der Waals surface area contributed by atoms with Crippen molar-refractivity contribution < 1.29 is 4.79 Å². The number of benzene rings is 1. The SMILES string of the molecule is CCC1CN(C)c2ccccc2CN1C(=O)c1csc(CN)n1. The third-order valence-corrected chi connectivity index (χ3v) is 5.22. The van der Waals surface area contributed by atoms with Gasteiger partial charge in [-0.25, -0.2) is 4.98 Å². The fourth-order valence-corrected chi connectivity index (χ4v) is 3.73. The van der Waals surface area contributed by atoms with Crippen molar-refractivity contribution >= 4 is 22.9 Å². The van der Waals surface area contributed by atoms with Crippen LogP contribution in [0.25, 0.3) is 0 Å². The summed E-state index contributed by atoms with van der Waals surface area (Å²) in [7, 11) is 2.09. The van der Waals surface area contributed by atoms with Crippen molar-refractivity contribution in [1.82, 2.24) is 9.88 Å². The molecule has 1 aliphatic heterocycles. The van der Waals surface area contributed by atoms with Crippen LogP contribution in [0.2, 0.25) is 0 Å². The molecule has 5 nitrogen and oxygen atoms in total. The first-order chi connectivity index (χ1) is 11.1. The van der Waals surface area contributed by atoms with Crippen LogP contribution in [0.4, 0.5) is 5.69 Å². The highest BCUT2D eigenvalue weighted by Crippen LogP contribution is 2.28. The predicted molar refractivity (Wildman–Crippen MR) is 93.7 cm³/mol. The molecule has 1 aromatic carbocycles. The molecule has 0 saturated carbocycles. The molecular weight excluding hydrogens is 308 g/mol. The van der Waals surface area contributed by atoms with Crippen LogP contribution in [0.1, 0.15) is 34.4 Å². The molecule has 2 N–H and O–H groups in total. The van der Waals surface area contributed by atoms with Crippen LogP contribution in [-0.4, -0.2) is 35.4 Å². The molecule has 1 amide bonds. The smallest absolute Gasteiger partial charge is 0.273 e. The van der Waals surface area contributed by atoms with Gasteiger partial charge in [-0.3, -0.25) is 4.79 Å². The molecule has 1 aromatic heterocycles. The van der Waals surface area contributed by atoms with E-state index >= 15 is 0 Å². The number of rotatable bonds is 3. The number of likely N-dealkylation sites (N-methyl/N-ethyl adjacent to an activating group) is 1. The summed E-state index contributed by atoms with van der Waals surface area (Å²) in [4.78, 5) is 21.5. The maximum Gasteiger partial charge on any atom is 0.273 e. The molecular formula is C17H22N4OS. The quantitative estimate of drug-likeness (QED) is 0.939. The predicted octanol–water partition coefficient (Wildman–Crippen LogP) is 2.47. The maximum atomic E-state index is 13.0. The van der Waals surface area contributed by atoms with Crippen LogP contribution >= 0.6 is 11.3 Å². The van der Waals surface area contributed by atoms with Gasteiger partial charge in [0.15, 0.2) is 0 Å². The Morgan fingerprint density at radius 3 is 2.91 bits per heavy atom. The minimum Gasteiger partial charge on any atom is -0.372 e. The third-order valence-electron chi connectivity index (χ3n) is 4.35. The highest BCUT2D eigenvalue weighted by Gasteiger charge is 2.30. The number of amides is 1. The van der Waals surface area contributed by atoms with Gasteiger partial charge < -0.3 is 15.5 Å². The zero-order chi connectivity index (χ0) is 16.4. The fraction of sp³-hybridized carbons (Fsp3) is 0.412. The minimum absolute atomic E-state index is 0.00194. The number of hydrogen-bond donors (Lipinski definition) is 1. The molecule has 0 bridgehead atoms. The largest absolute Gasteiger partial charge is 0.372 e. The lowest BCUT2D eigenvalue weighted by Crippen LogP contribution is -2.43. The van der Waals surface area contributed by atoms with Gasteiger partial charge in [0, 0.05) is 43.8 Å². The van der Waals surface area contributed by atoms with Crippen LogP contribution in [0, 0.1) is 0 Å². The van der Waals surface area contributed by atoms with Gasteiger partial charge in [0.1, 0.15) is 10.7 Å². The number of nitrogens with two attached hydrogens (primary N) is 1. The zero-order valence-corrected chi connectivity index (χ0v) is 14.3. The van der Waals surface area contributed by atoms with Gasteiger partial charge in [-0.2, -0.15) is 0 Å². The van der Waals surface area contributed by atoms with E-state index < -0.39 is 0 Å². The number of carbonyl (C=O) groups is 1. The van der Waals surface area contributed by atoms with E-state index in [9.17, 15) is 4.79 Å². The Hall–Kier alpha value is -1.92. The molecule has 1 atom stereocenters. The molecule has 2 heterocycles. The number of carbonyl (C=O) groups excluding carboxylic acids is 1. The Bertz CT molecular complexity index is 699. The lowest BCUT2D eigenvalue weighted by atomic mass is 10.1. The van der Waals surface area contributed by atoms with Crippen LogP contribution in [0.15, 0.2) is 29.6 Å². The minimum atomic E-state index is -0.00194. The second-order valence-corrected chi connectivity index (χ2v) is 6.78. The molecule has 1 aliphatic rings. The van der Waals surface area contributed by atoms with E-state index in [0.717, 1.165) is 18.0 Å². The second kappa shape index (κ2) is 6.68. The van der Waals surface area contributed by atoms with Crippen LogP contribution < -0.4 is 10.6 Å². The monoisotopic (exact) mass is 330 g/mol. The molecule has 0 saturated heterocycles. The molecule has 3 rings (SSSR count). The highest BCUT2D eigenvalue weighted by molar-refractivity contribution is 7.09. The summed E-state index contributed by atoms with van der Waals surface area (Å²) in [6.07, 6.45) is 0.915. The standard InChI is InChI=1S/C17H22N4OS/c1-3-13-10-20(2)15-7-5-4-6-12(15)9-21(13)17(22)14-11-23-16(8-18)19-14/h4-7,11,13H,3,8-10,18H2,1-2H3. The summed E-state index contributed by atoms with van der Waals surface area (Å²) >= 11 is 1.45.